The van der Waals surface area contributed by atoms with Crippen LogP contribution in [0, 0.1) is 0 Å². The minimum absolute atomic E-state index is 0.0422. The number of esters is 2. The van der Waals surface area contributed by atoms with Gasteiger partial charge in [-0.25, -0.2) is 18.0 Å². The normalized spacial score (nSPS) is 14.2. The van der Waals surface area contributed by atoms with E-state index in [9.17, 15) is 18.0 Å². The fraction of sp³-hybridized carbons (Fsp3) is 0.250. The molecule has 0 atom stereocenters. The molecule has 114 valence electrons. The number of rotatable bonds is 4. The van der Waals surface area contributed by atoms with E-state index in [0.29, 0.717) is 17.2 Å². The van der Waals surface area contributed by atoms with Crippen LogP contribution < -0.4 is 0 Å². The van der Waals surface area contributed by atoms with E-state index in [4.69, 9.17) is 0 Å². The molecule has 1 aliphatic rings. The highest BCUT2D eigenvalue weighted by molar-refractivity contribution is 7.91. The second-order valence-corrected chi connectivity index (χ2v) is 7.27. The standard InChI is InChI=1S/C16H14O5S/c1-2-3-9-22(19,20)13-8-7-12-14-10(13)5-4-6-11(14)15(17)21-16(12)18/h4-8H,2-3,9H2,1H3. The molecule has 1 aliphatic heterocycles. The zero-order valence-electron chi connectivity index (χ0n) is 12.0. The van der Waals surface area contributed by atoms with Crippen LogP contribution in [0.3, 0.4) is 0 Å². The maximum atomic E-state index is 12.5. The summed E-state index contributed by atoms with van der Waals surface area (Å²) in [4.78, 5) is 23.8. The van der Waals surface area contributed by atoms with Crippen molar-refractivity contribution >= 4 is 32.5 Å². The van der Waals surface area contributed by atoms with Gasteiger partial charge in [0.25, 0.3) is 0 Å². The molecular formula is C16H14O5S. The number of benzene rings is 2. The first-order valence-electron chi connectivity index (χ1n) is 7.00. The molecule has 2 aromatic carbocycles. The van der Waals surface area contributed by atoms with E-state index in [-0.39, 0.29) is 21.8 Å². The summed E-state index contributed by atoms with van der Waals surface area (Å²) in [5.74, 6) is -1.45. The minimum Gasteiger partial charge on any atom is -0.386 e. The van der Waals surface area contributed by atoms with Crippen LogP contribution in [-0.2, 0) is 14.6 Å². The molecule has 3 rings (SSSR count). The van der Waals surface area contributed by atoms with E-state index < -0.39 is 21.8 Å². The highest BCUT2D eigenvalue weighted by Crippen LogP contribution is 2.33. The first-order valence-corrected chi connectivity index (χ1v) is 8.66. The van der Waals surface area contributed by atoms with Gasteiger partial charge in [-0.2, -0.15) is 0 Å². The van der Waals surface area contributed by atoms with Gasteiger partial charge in [0, 0.05) is 10.8 Å². The number of unbranched alkanes of at least 4 members (excludes halogenated alkanes) is 1. The van der Waals surface area contributed by atoms with Crippen molar-refractivity contribution in [3.8, 4) is 0 Å². The van der Waals surface area contributed by atoms with Crippen LogP contribution in [-0.4, -0.2) is 26.1 Å². The number of sulfone groups is 1. The zero-order valence-corrected chi connectivity index (χ0v) is 12.8. The maximum absolute atomic E-state index is 12.5. The summed E-state index contributed by atoms with van der Waals surface area (Å²) in [6.07, 6.45) is 1.33. The molecular weight excluding hydrogens is 304 g/mol. The molecule has 1 heterocycles. The summed E-state index contributed by atoms with van der Waals surface area (Å²) in [7, 11) is -3.47. The second kappa shape index (κ2) is 5.21. The van der Waals surface area contributed by atoms with E-state index in [1.165, 1.54) is 18.2 Å². The Hall–Kier alpha value is -2.21. The summed E-state index contributed by atoms with van der Waals surface area (Å²) in [5.41, 5.74) is 0.444. The molecule has 0 saturated carbocycles. The average molecular weight is 318 g/mol. The minimum atomic E-state index is -3.47. The van der Waals surface area contributed by atoms with Crippen LogP contribution in [0.15, 0.2) is 35.2 Å². The number of hydrogen-bond donors (Lipinski definition) is 0. The molecule has 0 bridgehead atoms. The van der Waals surface area contributed by atoms with E-state index in [1.54, 1.807) is 12.1 Å². The Labute approximate surface area is 127 Å². The summed E-state index contributed by atoms with van der Waals surface area (Å²) >= 11 is 0. The third kappa shape index (κ3) is 2.20. The topological polar surface area (TPSA) is 77.5 Å². The molecule has 0 fully saturated rings. The molecule has 5 nitrogen and oxygen atoms in total. The Morgan fingerprint density at radius 3 is 2.36 bits per heavy atom. The lowest BCUT2D eigenvalue weighted by Crippen LogP contribution is -2.20. The van der Waals surface area contributed by atoms with Gasteiger partial charge in [0.1, 0.15) is 0 Å². The molecule has 0 aromatic heterocycles. The van der Waals surface area contributed by atoms with Gasteiger partial charge < -0.3 is 4.74 Å². The Balaban J connectivity index is 2.32. The highest BCUT2D eigenvalue weighted by atomic mass is 32.2. The number of ether oxygens (including phenoxy) is 1. The largest absolute Gasteiger partial charge is 0.386 e. The Morgan fingerprint density at radius 1 is 1.00 bits per heavy atom. The molecule has 0 spiro atoms. The van der Waals surface area contributed by atoms with Crippen molar-refractivity contribution in [2.24, 2.45) is 0 Å². The molecule has 0 N–H and O–H groups in total. The number of carbonyl (C=O) groups excluding carboxylic acids is 2. The molecule has 22 heavy (non-hydrogen) atoms. The fourth-order valence-electron chi connectivity index (χ4n) is 2.63. The molecule has 0 radical (unpaired) electrons. The number of carbonyl (C=O) groups is 2. The van der Waals surface area contributed by atoms with E-state index >= 15 is 0 Å². The number of hydrogen-bond acceptors (Lipinski definition) is 5. The summed E-state index contributed by atoms with van der Waals surface area (Å²) in [6.45, 7) is 1.92. The smallest absolute Gasteiger partial charge is 0.346 e. The summed E-state index contributed by atoms with van der Waals surface area (Å²) < 4.78 is 29.7. The van der Waals surface area contributed by atoms with Crippen LogP contribution in [0.4, 0.5) is 0 Å². The lowest BCUT2D eigenvalue weighted by atomic mass is 9.97. The van der Waals surface area contributed by atoms with Crippen LogP contribution in [0.2, 0.25) is 0 Å². The second-order valence-electron chi connectivity index (χ2n) is 5.19. The molecule has 2 aromatic rings. The Bertz CT molecular complexity index is 876. The van der Waals surface area contributed by atoms with Gasteiger partial charge in [-0.15, -0.1) is 0 Å². The van der Waals surface area contributed by atoms with Crippen molar-refractivity contribution in [3.05, 3.63) is 41.5 Å². The molecule has 0 aliphatic carbocycles. The Kier molecular flexibility index (Phi) is 3.48. The maximum Gasteiger partial charge on any atom is 0.346 e. The lowest BCUT2D eigenvalue weighted by molar-refractivity contribution is 0.0391. The molecule has 0 amide bonds. The van der Waals surface area contributed by atoms with Gasteiger partial charge in [-0.05, 0) is 24.6 Å². The van der Waals surface area contributed by atoms with E-state index in [0.717, 1.165) is 6.42 Å². The quantitative estimate of drug-likeness (QED) is 0.640. The third-order valence-corrected chi connectivity index (χ3v) is 5.58. The molecule has 6 heteroatoms. The van der Waals surface area contributed by atoms with Crippen molar-refractivity contribution in [2.75, 3.05) is 5.75 Å². The fourth-order valence-corrected chi connectivity index (χ4v) is 4.30. The van der Waals surface area contributed by atoms with Crippen molar-refractivity contribution in [1.29, 1.82) is 0 Å². The lowest BCUT2D eigenvalue weighted by Gasteiger charge is -2.17. The summed E-state index contributed by atoms with van der Waals surface area (Å²) in [5, 5.41) is 0.762. The summed E-state index contributed by atoms with van der Waals surface area (Å²) in [6, 6.07) is 7.58. The highest BCUT2D eigenvalue weighted by Gasteiger charge is 2.29. The Morgan fingerprint density at radius 2 is 1.68 bits per heavy atom. The van der Waals surface area contributed by atoms with Gasteiger partial charge >= 0.3 is 11.9 Å². The van der Waals surface area contributed by atoms with Gasteiger partial charge in [0.05, 0.1) is 21.8 Å². The van der Waals surface area contributed by atoms with E-state index in [2.05, 4.69) is 4.74 Å². The van der Waals surface area contributed by atoms with Gasteiger partial charge in [-0.1, -0.05) is 25.5 Å². The van der Waals surface area contributed by atoms with Gasteiger partial charge in [0.15, 0.2) is 9.84 Å². The predicted octanol–water partition coefficient (Wildman–Crippen LogP) is 2.72. The van der Waals surface area contributed by atoms with Crippen molar-refractivity contribution in [1.82, 2.24) is 0 Å². The van der Waals surface area contributed by atoms with Crippen molar-refractivity contribution in [2.45, 2.75) is 24.7 Å². The van der Waals surface area contributed by atoms with Gasteiger partial charge in [0.2, 0.25) is 0 Å². The monoisotopic (exact) mass is 318 g/mol. The zero-order chi connectivity index (χ0) is 15.9. The number of cyclic esters (lactones) is 2. The SMILES string of the molecule is CCCCS(=O)(=O)c1ccc2c3c(cccc13)C(=O)OC2=O. The average Bonchev–Trinajstić information content (AvgIpc) is 2.50. The van der Waals surface area contributed by atoms with Crippen LogP contribution >= 0.6 is 0 Å². The van der Waals surface area contributed by atoms with Crippen LogP contribution in [0.1, 0.15) is 40.5 Å². The first kappa shape index (κ1) is 14.7. The first-order chi connectivity index (χ1) is 10.5. The van der Waals surface area contributed by atoms with Crippen molar-refractivity contribution < 1.29 is 22.7 Å². The van der Waals surface area contributed by atoms with E-state index in [1.807, 2.05) is 6.92 Å². The van der Waals surface area contributed by atoms with Crippen LogP contribution in [0.5, 0.6) is 0 Å². The van der Waals surface area contributed by atoms with Crippen LogP contribution in [0.25, 0.3) is 10.8 Å². The van der Waals surface area contributed by atoms with Gasteiger partial charge in [-0.3, -0.25) is 0 Å². The predicted molar refractivity (Wildman–Crippen MR) is 80.7 cm³/mol. The van der Waals surface area contributed by atoms with Crippen molar-refractivity contribution in [3.63, 3.8) is 0 Å². The third-order valence-electron chi connectivity index (χ3n) is 3.73. The molecule has 0 saturated heterocycles. The molecule has 0 unspecified atom stereocenters.